The number of benzene rings is 2. The van der Waals surface area contributed by atoms with Gasteiger partial charge >= 0.3 is 5.95 Å². The normalized spacial score (nSPS) is 14.5. The van der Waals surface area contributed by atoms with Crippen molar-refractivity contribution in [2.75, 3.05) is 6.54 Å². The van der Waals surface area contributed by atoms with E-state index in [2.05, 4.69) is 9.71 Å². The number of nitro groups is 1. The first-order valence-corrected chi connectivity index (χ1v) is 11.9. The third-order valence-electron chi connectivity index (χ3n) is 5.61. The lowest BCUT2D eigenvalue weighted by molar-refractivity contribution is -0.396. The van der Waals surface area contributed by atoms with Crippen LogP contribution in [0.15, 0.2) is 71.9 Å². The van der Waals surface area contributed by atoms with Crippen LogP contribution in [0, 0.1) is 10.1 Å². The van der Waals surface area contributed by atoms with Crippen LogP contribution in [0.4, 0.5) is 5.95 Å². The van der Waals surface area contributed by atoms with Crippen molar-refractivity contribution in [3.8, 4) is 0 Å². The molecule has 1 amide bonds. The number of carbonyl (C=O) groups excluding carboxylic acids is 1. The van der Waals surface area contributed by atoms with Crippen molar-refractivity contribution in [1.29, 1.82) is 0 Å². The number of aromatic nitrogens is 2. The number of hydrogen-bond donors (Lipinski definition) is 1. The van der Waals surface area contributed by atoms with Gasteiger partial charge in [0.25, 0.3) is 0 Å². The van der Waals surface area contributed by atoms with Gasteiger partial charge in [0.1, 0.15) is 18.4 Å². The molecule has 1 aromatic heterocycles. The predicted octanol–water partition coefficient (Wildman–Crippen LogP) is 2.11. The summed E-state index contributed by atoms with van der Waals surface area (Å²) in [7, 11) is -3.98. The van der Waals surface area contributed by atoms with E-state index in [0.29, 0.717) is 19.5 Å². The van der Waals surface area contributed by atoms with Crippen LogP contribution in [0.25, 0.3) is 0 Å². The Kier molecular flexibility index (Phi) is 6.52. The Labute approximate surface area is 191 Å². The van der Waals surface area contributed by atoms with E-state index in [1.807, 2.05) is 24.3 Å². The molecular formula is C22H23N5O5S. The molecule has 1 aliphatic rings. The lowest BCUT2D eigenvalue weighted by atomic mass is 9.99. The average Bonchev–Trinajstić information content (AvgIpc) is 3.30. The number of rotatable bonds is 8. The van der Waals surface area contributed by atoms with Gasteiger partial charge in [-0.2, -0.15) is 4.72 Å². The first-order chi connectivity index (χ1) is 15.8. The molecule has 11 heteroatoms. The minimum atomic E-state index is -3.98. The number of imidazole rings is 1. The molecule has 0 saturated heterocycles. The molecule has 172 valence electrons. The number of nitrogens with one attached hydrogen (secondary N) is 1. The van der Waals surface area contributed by atoms with Gasteiger partial charge in [0.05, 0.1) is 11.4 Å². The van der Waals surface area contributed by atoms with Crippen molar-refractivity contribution in [3.05, 3.63) is 88.2 Å². The van der Waals surface area contributed by atoms with E-state index < -0.39 is 21.0 Å². The van der Waals surface area contributed by atoms with Gasteiger partial charge in [0.15, 0.2) is 0 Å². The quantitative estimate of drug-likeness (QED) is 0.398. The summed E-state index contributed by atoms with van der Waals surface area (Å²) in [4.78, 5) is 29.4. The first-order valence-electron chi connectivity index (χ1n) is 10.4. The molecular weight excluding hydrogens is 446 g/mol. The highest BCUT2D eigenvalue weighted by atomic mass is 32.2. The second-order valence-corrected chi connectivity index (χ2v) is 9.45. The zero-order chi connectivity index (χ0) is 23.4. The maximum absolute atomic E-state index is 13.4. The van der Waals surface area contributed by atoms with Crippen molar-refractivity contribution >= 4 is 21.9 Å². The van der Waals surface area contributed by atoms with Gasteiger partial charge in [-0.05, 0) is 34.6 Å². The average molecular weight is 470 g/mol. The summed E-state index contributed by atoms with van der Waals surface area (Å²) in [6.07, 6.45) is 3.43. The summed E-state index contributed by atoms with van der Waals surface area (Å²) in [5.41, 5.74) is 2.18. The number of aryl methyl sites for hydroxylation is 1. The van der Waals surface area contributed by atoms with Crippen molar-refractivity contribution in [2.24, 2.45) is 0 Å². The summed E-state index contributed by atoms with van der Waals surface area (Å²) >= 11 is 0. The van der Waals surface area contributed by atoms with Crippen LogP contribution in [-0.4, -0.2) is 46.3 Å². The van der Waals surface area contributed by atoms with Crippen molar-refractivity contribution in [3.63, 3.8) is 0 Å². The molecule has 3 aromatic rings. The smallest absolute Gasteiger partial charge is 0.390 e. The molecule has 0 bridgehead atoms. The fourth-order valence-electron chi connectivity index (χ4n) is 3.91. The molecule has 1 N–H and O–H groups in total. The van der Waals surface area contributed by atoms with E-state index in [1.54, 1.807) is 23.1 Å². The zero-order valence-corrected chi connectivity index (χ0v) is 18.5. The SMILES string of the molecule is O=C(C(CCn1ccnc1[N+](=O)[O-])NS(=O)(=O)c1ccccc1)N1CCc2ccccc2C1. The monoisotopic (exact) mass is 469 g/mol. The highest BCUT2D eigenvalue weighted by molar-refractivity contribution is 7.89. The maximum atomic E-state index is 13.4. The van der Waals surface area contributed by atoms with Crippen LogP contribution in [0.2, 0.25) is 0 Å². The summed E-state index contributed by atoms with van der Waals surface area (Å²) < 4.78 is 29.7. The zero-order valence-electron chi connectivity index (χ0n) is 17.7. The van der Waals surface area contributed by atoms with Crippen LogP contribution in [0.3, 0.4) is 0 Å². The number of fused-ring (bicyclic) bond motifs is 1. The third-order valence-corrected chi connectivity index (χ3v) is 7.09. The van der Waals surface area contributed by atoms with Gasteiger partial charge in [-0.15, -0.1) is 0 Å². The molecule has 4 rings (SSSR count). The summed E-state index contributed by atoms with van der Waals surface area (Å²) in [5.74, 6) is -0.731. The van der Waals surface area contributed by atoms with Crippen LogP contribution in [0.1, 0.15) is 17.5 Å². The first kappa shape index (κ1) is 22.6. The molecule has 2 aromatic carbocycles. The Morgan fingerprint density at radius 1 is 1.12 bits per heavy atom. The maximum Gasteiger partial charge on any atom is 0.434 e. The molecule has 0 aliphatic carbocycles. The molecule has 0 saturated carbocycles. The van der Waals surface area contributed by atoms with E-state index >= 15 is 0 Å². The molecule has 0 spiro atoms. The van der Waals surface area contributed by atoms with Crippen molar-refractivity contribution in [1.82, 2.24) is 19.2 Å². The largest absolute Gasteiger partial charge is 0.434 e. The lowest BCUT2D eigenvalue weighted by Gasteiger charge is -2.32. The number of carbonyl (C=O) groups is 1. The highest BCUT2D eigenvalue weighted by Gasteiger charge is 2.31. The second kappa shape index (κ2) is 9.51. The number of amides is 1. The topological polar surface area (TPSA) is 127 Å². The standard InChI is InChI=1S/C22H23N5O5S/c28-21(26-13-10-17-6-4-5-7-18(17)16-26)20(11-14-25-15-12-23-22(25)27(29)30)24-33(31,32)19-8-2-1-3-9-19/h1-9,12,15,20,24H,10-11,13-14,16H2. The molecule has 33 heavy (non-hydrogen) atoms. The van der Waals surface area contributed by atoms with E-state index in [4.69, 9.17) is 0 Å². The van der Waals surface area contributed by atoms with Crippen LogP contribution in [-0.2, 0) is 34.3 Å². The fourth-order valence-corrected chi connectivity index (χ4v) is 5.15. The number of hydrogen-bond acceptors (Lipinski definition) is 6. The Balaban J connectivity index is 1.57. The lowest BCUT2D eigenvalue weighted by Crippen LogP contribution is -2.50. The molecule has 0 fully saturated rings. The van der Waals surface area contributed by atoms with Crippen molar-refractivity contribution in [2.45, 2.75) is 36.9 Å². The van der Waals surface area contributed by atoms with Gasteiger partial charge in [-0.1, -0.05) is 47.4 Å². The summed E-state index contributed by atoms with van der Waals surface area (Å²) in [6, 6.07) is 14.5. The Morgan fingerprint density at radius 3 is 2.55 bits per heavy atom. The predicted molar refractivity (Wildman–Crippen MR) is 120 cm³/mol. The van der Waals surface area contributed by atoms with E-state index in [-0.39, 0.29) is 29.7 Å². The Morgan fingerprint density at radius 2 is 1.82 bits per heavy atom. The van der Waals surface area contributed by atoms with E-state index in [1.165, 1.54) is 29.1 Å². The van der Waals surface area contributed by atoms with Crippen LogP contribution < -0.4 is 4.72 Å². The fraction of sp³-hybridized carbons (Fsp3) is 0.273. The van der Waals surface area contributed by atoms with Crippen LogP contribution in [0.5, 0.6) is 0 Å². The minimum Gasteiger partial charge on any atom is -0.390 e. The molecule has 1 aliphatic heterocycles. The van der Waals surface area contributed by atoms with Gasteiger partial charge in [0, 0.05) is 19.5 Å². The Hall–Kier alpha value is -3.57. The summed E-state index contributed by atoms with van der Waals surface area (Å²) in [6.45, 7) is 0.892. The molecule has 1 unspecified atom stereocenters. The summed E-state index contributed by atoms with van der Waals surface area (Å²) in [5, 5.41) is 11.2. The van der Waals surface area contributed by atoms with Gasteiger partial charge in [-0.25, -0.2) is 13.0 Å². The highest BCUT2D eigenvalue weighted by Crippen LogP contribution is 2.21. The molecule has 1 atom stereocenters. The van der Waals surface area contributed by atoms with Crippen LogP contribution >= 0.6 is 0 Å². The van der Waals surface area contributed by atoms with Gasteiger partial charge in [-0.3, -0.25) is 4.79 Å². The number of nitrogens with zero attached hydrogens (tertiary/aromatic N) is 4. The molecule has 2 heterocycles. The molecule has 10 nitrogen and oxygen atoms in total. The molecule has 0 radical (unpaired) electrons. The van der Waals surface area contributed by atoms with Gasteiger partial charge < -0.3 is 15.0 Å². The number of sulfonamides is 1. The Bertz CT molecular complexity index is 1260. The second-order valence-electron chi connectivity index (χ2n) is 7.73. The van der Waals surface area contributed by atoms with Crippen molar-refractivity contribution < 1.29 is 18.1 Å². The third kappa shape index (κ3) is 5.10. The van der Waals surface area contributed by atoms with Gasteiger partial charge in [0.2, 0.25) is 15.9 Å². The van der Waals surface area contributed by atoms with E-state index in [0.717, 1.165) is 11.1 Å². The minimum absolute atomic E-state index is 0.0280. The van der Waals surface area contributed by atoms with E-state index in [9.17, 15) is 23.3 Å².